The highest BCUT2D eigenvalue weighted by Crippen LogP contribution is 2.37. The Morgan fingerprint density at radius 2 is 2.24 bits per heavy atom. The maximum Gasteiger partial charge on any atom is 0.165 e. The number of aromatic hydroxyl groups is 1. The topological polar surface area (TPSA) is 82.9 Å². The lowest BCUT2D eigenvalue weighted by atomic mass is 10.1. The molecule has 2 rings (SSSR count). The van der Waals surface area contributed by atoms with E-state index >= 15 is 0 Å². The number of hydrogen-bond donors (Lipinski definition) is 2. The monoisotopic (exact) mass is 315 g/mol. The summed E-state index contributed by atoms with van der Waals surface area (Å²) in [4.78, 5) is 3.74. The molecule has 0 atom stereocenters. The Kier molecular flexibility index (Phi) is 2.81. The quantitative estimate of drug-likeness (QED) is 0.732. The zero-order valence-electron chi connectivity index (χ0n) is 8.13. The highest BCUT2D eigenvalue weighted by atomic mass is 79.9. The molecule has 17 heavy (non-hydrogen) atoms. The van der Waals surface area contributed by atoms with Gasteiger partial charge >= 0.3 is 0 Å². The number of pyridine rings is 1. The molecule has 0 saturated heterocycles. The van der Waals surface area contributed by atoms with Crippen LogP contribution >= 0.6 is 27.5 Å². The van der Waals surface area contributed by atoms with Gasteiger partial charge in [-0.1, -0.05) is 11.6 Å². The van der Waals surface area contributed by atoms with Crippen LogP contribution in [0.1, 0.15) is 5.56 Å². The molecule has 3 N–H and O–H groups in total. The van der Waals surface area contributed by atoms with E-state index in [2.05, 4.69) is 20.9 Å². The third-order valence-corrected chi connectivity index (χ3v) is 3.53. The van der Waals surface area contributed by atoms with Gasteiger partial charge < -0.3 is 10.8 Å². The first-order valence-electron chi connectivity index (χ1n) is 4.33. The van der Waals surface area contributed by atoms with Gasteiger partial charge in [-0.2, -0.15) is 5.26 Å². The van der Waals surface area contributed by atoms with Crippen molar-refractivity contribution in [2.45, 2.75) is 0 Å². The molecule has 0 radical (unpaired) electrons. The number of aromatic nitrogens is 1. The highest BCUT2D eigenvalue weighted by molar-refractivity contribution is 9.10. The molecule has 0 aliphatic carbocycles. The zero-order chi connectivity index (χ0) is 12.7. The summed E-state index contributed by atoms with van der Waals surface area (Å²) in [5.41, 5.74) is 5.10. The smallest absolute Gasteiger partial charge is 0.165 e. The molecule has 0 unspecified atom stereocenters. The van der Waals surface area contributed by atoms with Crippen LogP contribution in [0, 0.1) is 17.1 Å². The Balaban J connectivity index is 3.04. The molecule has 0 spiro atoms. The molecule has 86 valence electrons. The number of halogens is 3. The van der Waals surface area contributed by atoms with E-state index in [1.165, 1.54) is 6.07 Å². The zero-order valence-corrected chi connectivity index (χ0v) is 10.5. The predicted octanol–water partition coefficient (Wildman–Crippen LogP) is 2.95. The summed E-state index contributed by atoms with van der Waals surface area (Å²) in [7, 11) is 0. The van der Waals surface area contributed by atoms with E-state index in [4.69, 9.17) is 22.6 Å². The molecule has 0 amide bonds. The molecule has 1 aromatic heterocycles. The Hall–Kier alpha value is -1.58. The number of hydrogen-bond acceptors (Lipinski definition) is 4. The van der Waals surface area contributed by atoms with Crippen molar-refractivity contribution in [2.24, 2.45) is 0 Å². The summed E-state index contributed by atoms with van der Waals surface area (Å²) in [6.45, 7) is 0. The van der Waals surface area contributed by atoms with Crippen molar-refractivity contribution in [1.29, 1.82) is 5.26 Å². The third-order valence-electron chi connectivity index (χ3n) is 2.23. The van der Waals surface area contributed by atoms with Gasteiger partial charge in [-0.15, -0.1) is 0 Å². The second kappa shape index (κ2) is 4.02. The molecule has 4 nitrogen and oxygen atoms in total. The summed E-state index contributed by atoms with van der Waals surface area (Å²) in [6.07, 6.45) is 0. The SMILES string of the molecule is N#Cc1c(N)nc2c(F)c(Br)c(Cl)cc2c1O. The van der Waals surface area contributed by atoms with Gasteiger partial charge in [0, 0.05) is 5.39 Å². The first-order valence-corrected chi connectivity index (χ1v) is 5.50. The van der Waals surface area contributed by atoms with Gasteiger partial charge in [0.05, 0.1) is 9.50 Å². The summed E-state index contributed by atoms with van der Waals surface area (Å²) in [6, 6.07) is 3.01. The van der Waals surface area contributed by atoms with Crippen molar-refractivity contribution >= 4 is 44.3 Å². The fourth-order valence-electron chi connectivity index (χ4n) is 1.42. The van der Waals surface area contributed by atoms with Crippen LogP contribution in [0.3, 0.4) is 0 Å². The largest absolute Gasteiger partial charge is 0.506 e. The normalized spacial score (nSPS) is 10.5. The number of nitriles is 1. The van der Waals surface area contributed by atoms with Crippen molar-refractivity contribution < 1.29 is 9.50 Å². The maximum absolute atomic E-state index is 13.8. The summed E-state index contributed by atoms with van der Waals surface area (Å²) in [5.74, 6) is -1.40. The molecule has 0 bridgehead atoms. The standard InChI is InChI=1S/C10H4BrClFN3O/c11-6-5(12)1-3-8(7(6)13)16-10(15)4(2-14)9(3)17/h1H,(H3,15,16,17). The van der Waals surface area contributed by atoms with Gasteiger partial charge in [-0.25, -0.2) is 9.37 Å². The summed E-state index contributed by atoms with van der Waals surface area (Å²) in [5, 5.41) is 18.7. The lowest BCUT2D eigenvalue weighted by molar-refractivity contribution is 0.479. The average molecular weight is 317 g/mol. The number of anilines is 1. The van der Waals surface area contributed by atoms with Gasteiger partial charge in [-0.3, -0.25) is 0 Å². The first kappa shape index (κ1) is 11.9. The second-order valence-electron chi connectivity index (χ2n) is 3.21. The van der Waals surface area contributed by atoms with Crippen LogP contribution in [0.25, 0.3) is 10.9 Å². The Bertz CT molecular complexity index is 684. The van der Waals surface area contributed by atoms with Gasteiger partial charge in [0.1, 0.15) is 28.7 Å². The minimum absolute atomic E-state index is 0.0303. The number of nitrogens with two attached hydrogens (primary N) is 1. The number of nitrogens with zero attached hydrogens (tertiary/aromatic N) is 2. The van der Waals surface area contributed by atoms with E-state index in [9.17, 15) is 9.50 Å². The molecule has 7 heteroatoms. The number of rotatable bonds is 0. The predicted molar refractivity (Wildman–Crippen MR) is 65.2 cm³/mol. The lowest BCUT2D eigenvalue weighted by Gasteiger charge is -2.08. The molecule has 0 saturated carbocycles. The summed E-state index contributed by atoms with van der Waals surface area (Å²) < 4.78 is 13.8. The van der Waals surface area contributed by atoms with Crippen molar-refractivity contribution in [3.63, 3.8) is 0 Å². The Morgan fingerprint density at radius 1 is 1.59 bits per heavy atom. The Morgan fingerprint density at radius 3 is 2.82 bits per heavy atom. The molecular formula is C10H4BrClFN3O. The van der Waals surface area contributed by atoms with Crippen LogP contribution in [-0.2, 0) is 0 Å². The van der Waals surface area contributed by atoms with Crippen molar-refractivity contribution in [1.82, 2.24) is 4.98 Å². The van der Waals surface area contributed by atoms with Gasteiger partial charge in [-0.05, 0) is 22.0 Å². The molecule has 1 aromatic carbocycles. The minimum Gasteiger partial charge on any atom is -0.506 e. The van der Waals surface area contributed by atoms with Crippen molar-refractivity contribution in [3.8, 4) is 11.8 Å². The number of benzene rings is 1. The molecule has 0 aliphatic rings. The van der Waals surface area contributed by atoms with E-state index < -0.39 is 11.6 Å². The summed E-state index contributed by atoms with van der Waals surface area (Å²) >= 11 is 8.71. The lowest BCUT2D eigenvalue weighted by Crippen LogP contribution is -1.98. The third kappa shape index (κ3) is 1.68. The van der Waals surface area contributed by atoms with E-state index in [0.717, 1.165) is 0 Å². The average Bonchev–Trinajstić information content (AvgIpc) is 2.29. The number of fused-ring (bicyclic) bond motifs is 1. The molecule has 1 heterocycles. The highest BCUT2D eigenvalue weighted by Gasteiger charge is 2.18. The molecule has 0 aliphatic heterocycles. The van der Waals surface area contributed by atoms with Crippen molar-refractivity contribution in [2.75, 3.05) is 5.73 Å². The van der Waals surface area contributed by atoms with Crippen LogP contribution in [0.15, 0.2) is 10.5 Å². The van der Waals surface area contributed by atoms with Crippen LogP contribution in [0.4, 0.5) is 10.2 Å². The fraction of sp³-hybridized carbons (Fsp3) is 0. The molecular weight excluding hydrogens is 312 g/mol. The number of nitrogen functional groups attached to an aromatic ring is 1. The van der Waals surface area contributed by atoms with Crippen LogP contribution in [-0.4, -0.2) is 10.1 Å². The van der Waals surface area contributed by atoms with Crippen LogP contribution in [0.2, 0.25) is 5.02 Å². The molecule has 0 fully saturated rings. The van der Waals surface area contributed by atoms with E-state index in [1.54, 1.807) is 6.07 Å². The van der Waals surface area contributed by atoms with E-state index in [0.29, 0.717) is 0 Å². The van der Waals surface area contributed by atoms with Crippen molar-refractivity contribution in [3.05, 3.63) is 26.9 Å². The van der Waals surface area contributed by atoms with Crippen LogP contribution < -0.4 is 5.73 Å². The van der Waals surface area contributed by atoms with Gasteiger partial charge in [0.15, 0.2) is 5.82 Å². The first-order chi connectivity index (χ1) is 7.97. The molecule has 2 aromatic rings. The van der Waals surface area contributed by atoms with Gasteiger partial charge in [0.2, 0.25) is 0 Å². The Labute approximate surface area is 109 Å². The maximum atomic E-state index is 13.8. The van der Waals surface area contributed by atoms with E-state index in [1.807, 2.05) is 0 Å². The second-order valence-corrected chi connectivity index (χ2v) is 4.42. The van der Waals surface area contributed by atoms with E-state index in [-0.39, 0.29) is 31.8 Å². The van der Waals surface area contributed by atoms with Crippen LogP contribution in [0.5, 0.6) is 5.75 Å². The fourth-order valence-corrected chi connectivity index (χ4v) is 1.91. The minimum atomic E-state index is -0.737. The van der Waals surface area contributed by atoms with Gasteiger partial charge in [0.25, 0.3) is 0 Å².